The van der Waals surface area contributed by atoms with E-state index in [0.717, 1.165) is 12.8 Å². The van der Waals surface area contributed by atoms with Gasteiger partial charge in [0.15, 0.2) is 0 Å². The molecular weight excluding hydrogens is 553 g/mol. The van der Waals surface area contributed by atoms with Gasteiger partial charge in [0, 0.05) is 0 Å². The van der Waals surface area contributed by atoms with Crippen LogP contribution in [-0.4, -0.2) is 0 Å². The van der Waals surface area contributed by atoms with Crippen LogP contribution in [0.15, 0.2) is 101 Å². The minimum absolute atomic E-state index is 0.0951. The summed E-state index contributed by atoms with van der Waals surface area (Å²) in [4.78, 5) is 0. The van der Waals surface area contributed by atoms with Crippen LogP contribution in [-0.2, 0) is 17.3 Å². The minimum atomic E-state index is 0.0951. The van der Waals surface area contributed by atoms with Crippen LogP contribution in [0, 0.1) is 28.6 Å². The Bertz CT molecular complexity index is 1630. The van der Waals surface area contributed by atoms with Crippen molar-refractivity contribution in [2.75, 3.05) is 0 Å². The van der Waals surface area contributed by atoms with Crippen LogP contribution in [0.25, 0.3) is 12.2 Å². The molecular formula is C46H60. The van der Waals surface area contributed by atoms with E-state index in [1.807, 2.05) is 0 Å². The first-order valence-corrected chi connectivity index (χ1v) is 17.8. The summed E-state index contributed by atoms with van der Waals surface area (Å²) >= 11 is 0. The van der Waals surface area contributed by atoms with Gasteiger partial charge >= 0.3 is 0 Å². The largest absolute Gasteiger partial charge is 0.0801 e. The molecule has 244 valence electrons. The lowest BCUT2D eigenvalue weighted by Gasteiger charge is -2.43. The fourth-order valence-electron chi connectivity index (χ4n) is 7.33. The lowest BCUT2D eigenvalue weighted by atomic mass is 9.61. The highest BCUT2D eigenvalue weighted by molar-refractivity contribution is 5.71. The maximum Gasteiger partial charge on any atom is -0.00268 e. The maximum atomic E-state index is 2.66. The van der Waals surface area contributed by atoms with Crippen LogP contribution in [0.1, 0.15) is 124 Å². The molecule has 3 unspecified atom stereocenters. The molecule has 46 heavy (non-hydrogen) atoms. The maximum absolute atomic E-state index is 2.66. The second-order valence-electron chi connectivity index (χ2n) is 18.4. The van der Waals surface area contributed by atoms with Gasteiger partial charge in [-0.15, -0.1) is 0 Å². The van der Waals surface area contributed by atoms with Crippen LogP contribution in [0.4, 0.5) is 0 Å². The van der Waals surface area contributed by atoms with Crippen LogP contribution >= 0.6 is 0 Å². The molecule has 3 aliphatic carbocycles. The van der Waals surface area contributed by atoms with Crippen molar-refractivity contribution in [3.63, 3.8) is 0 Å². The molecule has 0 spiro atoms. The second-order valence-corrected chi connectivity index (χ2v) is 18.4. The predicted octanol–water partition coefficient (Wildman–Crippen LogP) is 13.0. The van der Waals surface area contributed by atoms with E-state index >= 15 is 0 Å². The molecule has 0 heteroatoms. The Kier molecular flexibility index (Phi) is 9.29. The molecule has 0 nitrogen and oxygen atoms in total. The molecule has 0 aliphatic heterocycles. The van der Waals surface area contributed by atoms with Crippen molar-refractivity contribution in [3.05, 3.63) is 129 Å². The van der Waals surface area contributed by atoms with E-state index in [1.165, 1.54) is 56.5 Å². The first-order valence-electron chi connectivity index (χ1n) is 17.8. The zero-order valence-electron chi connectivity index (χ0n) is 31.0. The summed E-state index contributed by atoms with van der Waals surface area (Å²) in [5.41, 5.74) is 13.4. The van der Waals surface area contributed by atoms with Crippen molar-refractivity contribution in [2.24, 2.45) is 28.6 Å². The summed E-state index contributed by atoms with van der Waals surface area (Å²) < 4.78 is 0. The van der Waals surface area contributed by atoms with Gasteiger partial charge in [0.1, 0.15) is 0 Å². The highest BCUT2D eigenvalue weighted by Crippen LogP contribution is 2.50. The smallest absolute Gasteiger partial charge is 0.00268 e. The van der Waals surface area contributed by atoms with Gasteiger partial charge in [-0.1, -0.05) is 174 Å². The van der Waals surface area contributed by atoms with E-state index in [-0.39, 0.29) is 21.7 Å². The predicted molar refractivity (Wildman–Crippen MR) is 203 cm³/mol. The summed E-state index contributed by atoms with van der Waals surface area (Å²) in [5, 5.41) is 0. The lowest BCUT2D eigenvalue weighted by molar-refractivity contribution is 0.315. The molecule has 3 atom stereocenters. The van der Waals surface area contributed by atoms with E-state index in [1.54, 1.807) is 0 Å². The van der Waals surface area contributed by atoms with E-state index in [4.69, 9.17) is 0 Å². The molecule has 5 rings (SSSR count). The second kappa shape index (κ2) is 12.5. The summed E-state index contributed by atoms with van der Waals surface area (Å²) in [6.07, 6.45) is 23.1. The quantitative estimate of drug-likeness (QED) is 0.295. The summed E-state index contributed by atoms with van der Waals surface area (Å²) in [5.74, 6) is 1.63. The normalized spacial score (nSPS) is 22.1. The molecule has 0 saturated heterocycles. The number of hydrogen-bond acceptors (Lipinski definition) is 0. The van der Waals surface area contributed by atoms with Crippen molar-refractivity contribution in [1.29, 1.82) is 0 Å². The van der Waals surface area contributed by atoms with Crippen molar-refractivity contribution in [1.82, 2.24) is 0 Å². The van der Waals surface area contributed by atoms with Crippen molar-refractivity contribution in [2.45, 2.75) is 113 Å². The fourth-order valence-corrected chi connectivity index (χ4v) is 7.33. The lowest BCUT2D eigenvalue weighted by Crippen LogP contribution is -2.32. The Morgan fingerprint density at radius 1 is 0.630 bits per heavy atom. The minimum Gasteiger partial charge on any atom is -0.0801 e. The topological polar surface area (TPSA) is 0 Å². The zero-order chi connectivity index (χ0) is 33.7. The van der Waals surface area contributed by atoms with Gasteiger partial charge in [0.25, 0.3) is 0 Å². The van der Waals surface area contributed by atoms with E-state index in [0.29, 0.717) is 17.8 Å². The third kappa shape index (κ3) is 7.87. The number of aryl methyl sites for hydroxylation is 1. The third-order valence-electron chi connectivity index (χ3n) is 10.4. The van der Waals surface area contributed by atoms with Crippen LogP contribution in [0.3, 0.4) is 0 Å². The number of rotatable bonds is 5. The van der Waals surface area contributed by atoms with Gasteiger partial charge in [0.05, 0.1) is 0 Å². The van der Waals surface area contributed by atoms with Crippen LogP contribution in [0.2, 0.25) is 0 Å². The number of fused-ring (bicyclic) bond motifs is 3. The standard InChI is InChI=1S/C46H60/c1-43(2,3)37-15-13-14-31(25-37)16-17-32-24-33(27-39(26-32)45(7,8)9)18-19-35-29-40(46(10,11)12)30-36-21-20-34-28-38(44(4,5)6)22-23-41(34)42(35)36/h13-17,20-22,24-30,35,41-42H,18-19,23H2,1-12H3/b17-16-. The van der Waals surface area contributed by atoms with Gasteiger partial charge in [-0.05, 0) is 109 Å². The zero-order valence-corrected chi connectivity index (χ0v) is 31.0. The molecule has 0 amide bonds. The van der Waals surface area contributed by atoms with Gasteiger partial charge in [-0.3, -0.25) is 0 Å². The Morgan fingerprint density at radius 3 is 1.89 bits per heavy atom. The molecule has 0 fully saturated rings. The molecule has 0 bridgehead atoms. The average molecular weight is 613 g/mol. The van der Waals surface area contributed by atoms with Gasteiger partial charge in [-0.25, -0.2) is 0 Å². The summed E-state index contributed by atoms with van der Waals surface area (Å²) in [6.45, 7) is 28.0. The van der Waals surface area contributed by atoms with Gasteiger partial charge < -0.3 is 0 Å². The Labute approximate surface area is 282 Å². The fraction of sp³-hybridized carbons (Fsp3) is 0.478. The SMILES string of the molecule is CC(C)(C)C1=CCC2C(=C1)C=CC1=CC(C(C)(C)C)=CC(CCc3cc(/C=C\c4cccc(C(C)(C)C)c4)cc(C(C)(C)C)c3)C12. The van der Waals surface area contributed by atoms with Crippen LogP contribution in [0.5, 0.6) is 0 Å². The average Bonchev–Trinajstić information content (AvgIpc) is 2.96. The molecule has 0 radical (unpaired) electrons. The van der Waals surface area contributed by atoms with Crippen LogP contribution < -0.4 is 0 Å². The number of benzene rings is 2. The van der Waals surface area contributed by atoms with Crippen molar-refractivity contribution in [3.8, 4) is 0 Å². The summed E-state index contributed by atoms with van der Waals surface area (Å²) in [6, 6.07) is 16.3. The van der Waals surface area contributed by atoms with Crippen molar-refractivity contribution < 1.29 is 0 Å². The molecule has 2 aromatic rings. The molecule has 0 N–H and O–H groups in total. The molecule has 0 saturated carbocycles. The van der Waals surface area contributed by atoms with E-state index in [2.05, 4.69) is 174 Å². The molecule has 3 aliphatic rings. The van der Waals surface area contributed by atoms with Crippen molar-refractivity contribution >= 4 is 12.2 Å². The highest BCUT2D eigenvalue weighted by atomic mass is 14.4. The Balaban J connectivity index is 1.45. The molecule has 2 aromatic carbocycles. The van der Waals surface area contributed by atoms with E-state index in [9.17, 15) is 0 Å². The highest BCUT2D eigenvalue weighted by Gasteiger charge is 2.39. The van der Waals surface area contributed by atoms with E-state index < -0.39 is 0 Å². The number of hydrogen-bond donors (Lipinski definition) is 0. The third-order valence-corrected chi connectivity index (χ3v) is 10.4. The Morgan fingerprint density at radius 2 is 1.24 bits per heavy atom. The van der Waals surface area contributed by atoms with Gasteiger partial charge in [0.2, 0.25) is 0 Å². The first-order chi connectivity index (χ1) is 21.3. The van der Waals surface area contributed by atoms with Gasteiger partial charge in [-0.2, -0.15) is 0 Å². The summed E-state index contributed by atoms with van der Waals surface area (Å²) in [7, 11) is 0. The molecule has 0 heterocycles. The monoisotopic (exact) mass is 612 g/mol. The first kappa shape index (κ1) is 34.2. The number of allylic oxidation sites excluding steroid dienone is 10. The molecule has 0 aromatic heterocycles. The Hall–Kier alpha value is -3.12.